The minimum atomic E-state index is -0.484. The average Bonchev–Trinajstić information content (AvgIpc) is 3.30. The third-order valence-corrected chi connectivity index (χ3v) is 4.56. The molecule has 0 saturated heterocycles. The smallest absolute Gasteiger partial charge is 0.276 e. The van der Waals surface area contributed by atoms with Crippen molar-refractivity contribution in [3.05, 3.63) is 112 Å². The highest BCUT2D eigenvalue weighted by atomic mass is 16.6. The van der Waals surface area contributed by atoms with Crippen LogP contribution in [0.25, 0.3) is 5.69 Å². The fraction of sp³-hybridized carbons (Fsp3) is 0. The van der Waals surface area contributed by atoms with Gasteiger partial charge in [0.15, 0.2) is 5.69 Å². The monoisotopic (exact) mass is 427 g/mol. The summed E-state index contributed by atoms with van der Waals surface area (Å²) in [4.78, 5) is 35.2. The number of hydrogen-bond donors (Lipinski definition) is 2. The first-order chi connectivity index (χ1) is 15.5. The van der Waals surface area contributed by atoms with E-state index in [1.165, 1.54) is 22.9 Å². The maximum atomic E-state index is 12.6. The molecular formula is C23H17N5O4. The highest BCUT2D eigenvalue weighted by molar-refractivity contribution is 6.05. The van der Waals surface area contributed by atoms with Crippen LogP contribution in [-0.2, 0) is 0 Å². The topological polar surface area (TPSA) is 119 Å². The Morgan fingerprint density at radius 3 is 2.12 bits per heavy atom. The van der Waals surface area contributed by atoms with Gasteiger partial charge in [0.2, 0.25) is 0 Å². The first-order valence-electron chi connectivity index (χ1n) is 9.58. The molecule has 1 aromatic heterocycles. The summed E-state index contributed by atoms with van der Waals surface area (Å²) in [6, 6.07) is 23.0. The predicted molar refractivity (Wildman–Crippen MR) is 119 cm³/mol. The number of non-ortho nitro benzene ring substituents is 1. The Morgan fingerprint density at radius 2 is 1.47 bits per heavy atom. The van der Waals surface area contributed by atoms with Gasteiger partial charge < -0.3 is 10.6 Å². The van der Waals surface area contributed by atoms with E-state index in [-0.39, 0.29) is 17.3 Å². The SMILES string of the molecule is O=C(Nc1cccc(NC(=O)c2ccn(-c3ccc([N+](=O)[O-])cc3)n2)c1)c1ccccc1. The van der Waals surface area contributed by atoms with Crippen molar-refractivity contribution in [1.82, 2.24) is 9.78 Å². The van der Waals surface area contributed by atoms with Crippen molar-refractivity contribution < 1.29 is 14.5 Å². The first-order valence-corrected chi connectivity index (χ1v) is 9.58. The Hall–Kier alpha value is -4.79. The predicted octanol–water partition coefficient (Wildman–Crippen LogP) is 4.29. The number of aromatic nitrogens is 2. The summed E-state index contributed by atoms with van der Waals surface area (Å²) in [5.74, 6) is -0.687. The van der Waals surface area contributed by atoms with Gasteiger partial charge in [-0.05, 0) is 48.5 Å². The van der Waals surface area contributed by atoms with E-state index in [1.807, 2.05) is 6.07 Å². The van der Waals surface area contributed by atoms with Crippen molar-refractivity contribution in [2.75, 3.05) is 10.6 Å². The minimum absolute atomic E-state index is 0.0295. The molecule has 2 N–H and O–H groups in total. The highest BCUT2D eigenvalue weighted by Crippen LogP contribution is 2.18. The lowest BCUT2D eigenvalue weighted by Crippen LogP contribution is -2.14. The molecule has 32 heavy (non-hydrogen) atoms. The van der Waals surface area contributed by atoms with Crippen LogP contribution in [0, 0.1) is 10.1 Å². The first kappa shape index (κ1) is 20.5. The molecule has 0 aliphatic rings. The molecule has 0 unspecified atom stereocenters. The van der Waals surface area contributed by atoms with Crippen LogP contribution in [-0.4, -0.2) is 26.5 Å². The summed E-state index contributed by atoms with van der Waals surface area (Å²) in [7, 11) is 0. The number of hydrogen-bond acceptors (Lipinski definition) is 5. The van der Waals surface area contributed by atoms with Gasteiger partial charge in [-0.25, -0.2) is 4.68 Å². The van der Waals surface area contributed by atoms with Crippen molar-refractivity contribution in [3.63, 3.8) is 0 Å². The highest BCUT2D eigenvalue weighted by Gasteiger charge is 2.12. The van der Waals surface area contributed by atoms with E-state index in [0.29, 0.717) is 22.6 Å². The number of nitrogens with zero attached hydrogens (tertiary/aromatic N) is 3. The number of benzene rings is 3. The van der Waals surface area contributed by atoms with Gasteiger partial charge >= 0.3 is 0 Å². The van der Waals surface area contributed by atoms with Gasteiger partial charge in [0.25, 0.3) is 17.5 Å². The third kappa shape index (κ3) is 4.68. The van der Waals surface area contributed by atoms with Crippen LogP contribution in [0.1, 0.15) is 20.8 Å². The molecule has 3 aromatic carbocycles. The fourth-order valence-electron chi connectivity index (χ4n) is 2.98. The molecule has 4 rings (SSSR count). The molecule has 0 saturated carbocycles. The van der Waals surface area contributed by atoms with Crippen molar-refractivity contribution in [2.24, 2.45) is 0 Å². The maximum absolute atomic E-state index is 12.6. The van der Waals surface area contributed by atoms with Crippen molar-refractivity contribution in [2.45, 2.75) is 0 Å². The van der Waals surface area contributed by atoms with Crippen LogP contribution in [0.2, 0.25) is 0 Å². The maximum Gasteiger partial charge on any atom is 0.276 e. The lowest BCUT2D eigenvalue weighted by Gasteiger charge is -2.08. The molecule has 0 spiro atoms. The second-order valence-corrected chi connectivity index (χ2v) is 6.77. The number of anilines is 2. The number of rotatable bonds is 6. The van der Waals surface area contributed by atoms with Crippen LogP contribution < -0.4 is 10.6 Å². The molecule has 0 atom stereocenters. The van der Waals surface area contributed by atoms with Gasteiger partial charge in [-0.1, -0.05) is 24.3 Å². The van der Waals surface area contributed by atoms with Gasteiger partial charge in [-0.2, -0.15) is 5.10 Å². The van der Waals surface area contributed by atoms with E-state index in [1.54, 1.807) is 66.9 Å². The lowest BCUT2D eigenvalue weighted by atomic mass is 10.2. The molecule has 0 bridgehead atoms. The lowest BCUT2D eigenvalue weighted by molar-refractivity contribution is -0.384. The molecule has 158 valence electrons. The summed E-state index contributed by atoms with van der Waals surface area (Å²) >= 11 is 0. The van der Waals surface area contributed by atoms with Crippen LogP contribution in [0.15, 0.2) is 91.1 Å². The van der Waals surface area contributed by atoms with Crippen molar-refractivity contribution in [3.8, 4) is 5.69 Å². The van der Waals surface area contributed by atoms with Gasteiger partial charge in [-0.3, -0.25) is 19.7 Å². The van der Waals surface area contributed by atoms with Crippen molar-refractivity contribution in [1.29, 1.82) is 0 Å². The number of carbonyl (C=O) groups excluding carboxylic acids is 2. The van der Waals surface area contributed by atoms with Crippen molar-refractivity contribution >= 4 is 28.9 Å². The summed E-state index contributed by atoms with van der Waals surface area (Å²) in [5.41, 5.74) is 2.28. The molecule has 1 heterocycles. The Kier molecular flexibility index (Phi) is 5.71. The van der Waals surface area contributed by atoms with Crippen LogP contribution >= 0.6 is 0 Å². The average molecular weight is 427 g/mol. The molecule has 0 aliphatic carbocycles. The summed E-state index contributed by atoms with van der Waals surface area (Å²) in [5, 5.41) is 20.5. The summed E-state index contributed by atoms with van der Waals surface area (Å²) < 4.78 is 1.45. The Bertz CT molecular complexity index is 1280. The molecule has 9 nitrogen and oxygen atoms in total. The van der Waals surface area contributed by atoms with Crippen LogP contribution in [0.4, 0.5) is 17.1 Å². The number of nitro groups is 1. The zero-order chi connectivity index (χ0) is 22.5. The Balaban J connectivity index is 1.44. The quantitative estimate of drug-likeness (QED) is 0.351. The number of amides is 2. The van der Waals surface area contributed by atoms with Gasteiger partial charge in [-0.15, -0.1) is 0 Å². The molecule has 4 aromatic rings. The second-order valence-electron chi connectivity index (χ2n) is 6.77. The molecule has 9 heteroatoms. The van der Waals surface area contributed by atoms with E-state index < -0.39 is 10.8 Å². The van der Waals surface area contributed by atoms with E-state index in [0.717, 1.165) is 0 Å². The molecular weight excluding hydrogens is 410 g/mol. The van der Waals surface area contributed by atoms with E-state index in [9.17, 15) is 19.7 Å². The zero-order valence-corrected chi connectivity index (χ0v) is 16.6. The van der Waals surface area contributed by atoms with Crippen LogP contribution in [0.5, 0.6) is 0 Å². The number of nitro benzene ring substituents is 1. The minimum Gasteiger partial charge on any atom is -0.322 e. The summed E-state index contributed by atoms with van der Waals surface area (Å²) in [6.45, 7) is 0. The van der Waals surface area contributed by atoms with Gasteiger partial charge in [0.05, 0.1) is 10.6 Å². The molecule has 0 aliphatic heterocycles. The van der Waals surface area contributed by atoms with Gasteiger partial charge in [0, 0.05) is 35.3 Å². The molecule has 2 amide bonds. The Morgan fingerprint density at radius 1 is 0.812 bits per heavy atom. The van der Waals surface area contributed by atoms with E-state index in [4.69, 9.17) is 0 Å². The van der Waals surface area contributed by atoms with E-state index >= 15 is 0 Å². The molecule has 0 radical (unpaired) electrons. The van der Waals surface area contributed by atoms with E-state index in [2.05, 4.69) is 15.7 Å². The number of carbonyl (C=O) groups is 2. The van der Waals surface area contributed by atoms with Gasteiger partial charge in [0.1, 0.15) is 0 Å². The molecule has 0 fully saturated rings. The second kappa shape index (κ2) is 8.92. The third-order valence-electron chi connectivity index (χ3n) is 4.56. The summed E-state index contributed by atoms with van der Waals surface area (Å²) in [6.07, 6.45) is 1.59. The fourth-order valence-corrected chi connectivity index (χ4v) is 2.98. The number of nitrogens with one attached hydrogen (secondary N) is 2. The van der Waals surface area contributed by atoms with Crippen LogP contribution in [0.3, 0.4) is 0 Å². The standard InChI is InChI=1S/C23H17N5O4/c29-22(16-5-2-1-3-6-16)24-17-7-4-8-18(15-17)25-23(30)21-13-14-27(26-21)19-9-11-20(12-10-19)28(31)32/h1-15H,(H,24,29)(H,25,30). The normalized spacial score (nSPS) is 10.4. The largest absolute Gasteiger partial charge is 0.322 e. The Labute approximate surface area is 182 Å². The zero-order valence-electron chi connectivity index (χ0n) is 16.6.